The molecule has 0 amide bonds. The minimum absolute atomic E-state index is 0.284. The fourth-order valence-electron chi connectivity index (χ4n) is 2.98. The fraction of sp³-hybridized carbons (Fsp3) is 0.217. The summed E-state index contributed by atoms with van der Waals surface area (Å²) in [7, 11) is 1.58. The van der Waals surface area contributed by atoms with Gasteiger partial charge in [0, 0.05) is 16.6 Å². The zero-order chi connectivity index (χ0) is 22.4. The Morgan fingerprint density at radius 1 is 0.774 bits per heavy atom. The van der Waals surface area contributed by atoms with Crippen molar-refractivity contribution in [3.05, 3.63) is 90.3 Å². The van der Waals surface area contributed by atoms with Crippen LogP contribution >= 0.6 is 58.0 Å². The lowest BCUT2D eigenvalue weighted by Gasteiger charge is -2.15. The number of nitrogens with one attached hydrogen (secondary N) is 1. The third-order valence-corrected chi connectivity index (χ3v) is 6.18. The number of hydrogen-bond donors (Lipinski definition) is 1. The zero-order valence-electron chi connectivity index (χ0n) is 16.7. The molecule has 3 rings (SSSR count). The molecule has 8 heteroatoms. The minimum atomic E-state index is 0.284. The summed E-state index contributed by atoms with van der Waals surface area (Å²) in [5.74, 6) is 1.04. The highest BCUT2D eigenvalue weighted by molar-refractivity contribution is 6.42. The topological polar surface area (TPSA) is 30.5 Å². The van der Waals surface area contributed by atoms with Gasteiger partial charge in [0.05, 0.1) is 22.2 Å². The number of rotatable bonds is 9. The van der Waals surface area contributed by atoms with Crippen molar-refractivity contribution in [3.63, 3.8) is 0 Å². The summed E-state index contributed by atoms with van der Waals surface area (Å²) in [6.45, 7) is 1.65. The van der Waals surface area contributed by atoms with Gasteiger partial charge >= 0.3 is 0 Å². The summed E-state index contributed by atoms with van der Waals surface area (Å²) in [5.41, 5.74) is 2.89. The normalized spacial score (nSPS) is 10.9. The average Bonchev–Trinajstić information content (AvgIpc) is 2.73. The second-order valence-corrected chi connectivity index (χ2v) is 8.87. The van der Waals surface area contributed by atoms with Crippen LogP contribution in [-0.2, 0) is 19.6 Å². The lowest BCUT2D eigenvalue weighted by atomic mass is 10.1. The molecule has 0 atom stereocenters. The molecule has 0 fully saturated rings. The molecule has 0 aliphatic rings. The van der Waals surface area contributed by atoms with E-state index >= 15 is 0 Å². The minimum Gasteiger partial charge on any atom is -0.493 e. The van der Waals surface area contributed by atoms with Crippen molar-refractivity contribution in [1.29, 1.82) is 0 Å². The molecule has 0 heterocycles. The van der Waals surface area contributed by atoms with Crippen LogP contribution in [0.3, 0.4) is 0 Å². The van der Waals surface area contributed by atoms with E-state index in [2.05, 4.69) is 5.32 Å². The molecule has 0 aromatic heterocycles. The molecule has 1 N–H and O–H groups in total. The Balaban J connectivity index is 1.59. The molecule has 0 saturated carbocycles. The van der Waals surface area contributed by atoms with Crippen molar-refractivity contribution in [2.75, 3.05) is 13.7 Å². The van der Waals surface area contributed by atoms with Crippen molar-refractivity contribution in [2.45, 2.75) is 19.6 Å². The van der Waals surface area contributed by atoms with E-state index in [1.54, 1.807) is 25.3 Å². The van der Waals surface area contributed by atoms with Gasteiger partial charge in [-0.15, -0.1) is 0 Å². The van der Waals surface area contributed by atoms with Crippen LogP contribution in [0.2, 0.25) is 25.1 Å². The predicted octanol–water partition coefficient (Wildman–Crippen LogP) is 7.87. The Labute approximate surface area is 207 Å². The first-order valence-electron chi connectivity index (χ1n) is 9.45. The third kappa shape index (κ3) is 6.82. The Kier molecular flexibility index (Phi) is 9.03. The van der Waals surface area contributed by atoms with E-state index in [0.717, 1.165) is 29.7 Å². The molecule has 0 spiro atoms. The van der Waals surface area contributed by atoms with E-state index in [-0.39, 0.29) is 6.61 Å². The van der Waals surface area contributed by atoms with Crippen molar-refractivity contribution < 1.29 is 9.47 Å². The lowest BCUT2D eigenvalue weighted by molar-refractivity contribution is 0.284. The molecule has 0 aliphatic carbocycles. The molecular weight excluding hydrogens is 500 g/mol. The van der Waals surface area contributed by atoms with Crippen LogP contribution in [0.5, 0.6) is 11.5 Å². The first kappa shape index (κ1) is 24.3. The summed E-state index contributed by atoms with van der Waals surface area (Å²) in [4.78, 5) is 0. The number of benzene rings is 3. The Morgan fingerprint density at radius 2 is 1.55 bits per heavy atom. The highest BCUT2D eigenvalue weighted by Gasteiger charge is 2.13. The van der Waals surface area contributed by atoms with E-state index in [9.17, 15) is 0 Å². The van der Waals surface area contributed by atoms with Crippen LogP contribution in [-0.4, -0.2) is 13.7 Å². The molecule has 3 aromatic carbocycles. The molecule has 0 aliphatic heterocycles. The smallest absolute Gasteiger partial charge is 0.180 e. The molecule has 0 saturated heterocycles. The monoisotopic (exact) mass is 517 g/mol. The number of methoxy groups -OCH3 is 1. The van der Waals surface area contributed by atoms with E-state index in [4.69, 9.17) is 67.5 Å². The molecular formula is C23H20Cl5NO2. The largest absolute Gasteiger partial charge is 0.493 e. The van der Waals surface area contributed by atoms with Gasteiger partial charge in [-0.2, -0.15) is 0 Å². The zero-order valence-corrected chi connectivity index (χ0v) is 20.4. The quantitative estimate of drug-likeness (QED) is 0.292. The van der Waals surface area contributed by atoms with Crippen molar-refractivity contribution in [2.24, 2.45) is 0 Å². The molecule has 3 aromatic rings. The Hall–Kier alpha value is -1.33. The molecule has 0 radical (unpaired) electrons. The van der Waals surface area contributed by atoms with Crippen LogP contribution in [0, 0.1) is 0 Å². The van der Waals surface area contributed by atoms with Gasteiger partial charge in [0.1, 0.15) is 6.61 Å². The van der Waals surface area contributed by atoms with Gasteiger partial charge in [-0.3, -0.25) is 0 Å². The summed E-state index contributed by atoms with van der Waals surface area (Å²) >= 11 is 30.6. The lowest BCUT2D eigenvalue weighted by Crippen LogP contribution is -2.17. The maximum absolute atomic E-state index is 6.47. The summed E-state index contributed by atoms with van der Waals surface area (Å²) in [6.07, 6.45) is 0.783. The number of hydrogen-bond acceptors (Lipinski definition) is 3. The van der Waals surface area contributed by atoms with E-state index in [1.807, 2.05) is 30.3 Å². The molecule has 31 heavy (non-hydrogen) atoms. The first-order valence-corrected chi connectivity index (χ1v) is 11.3. The van der Waals surface area contributed by atoms with Gasteiger partial charge in [0.15, 0.2) is 11.5 Å². The van der Waals surface area contributed by atoms with Crippen molar-refractivity contribution in [3.8, 4) is 11.5 Å². The number of ether oxygens (including phenoxy) is 2. The maximum Gasteiger partial charge on any atom is 0.180 e. The predicted molar refractivity (Wildman–Crippen MR) is 131 cm³/mol. The van der Waals surface area contributed by atoms with Crippen molar-refractivity contribution >= 4 is 58.0 Å². The second-order valence-electron chi connectivity index (χ2n) is 6.81. The molecule has 164 valence electrons. The van der Waals surface area contributed by atoms with Gasteiger partial charge in [0.25, 0.3) is 0 Å². The van der Waals surface area contributed by atoms with Crippen LogP contribution in [0.1, 0.15) is 16.7 Å². The summed E-state index contributed by atoms with van der Waals surface area (Å²) in [6, 6.07) is 14.6. The molecule has 3 nitrogen and oxygen atoms in total. The van der Waals surface area contributed by atoms with E-state index in [0.29, 0.717) is 43.2 Å². The highest BCUT2D eigenvalue weighted by Crippen LogP contribution is 2.37. The summed E-state index contributed by atoms with van der Waals surface area (Å²) < 4.78 is 11.4. The third-order valence-electron chi connectivity index (χ3n) is 4.57. The standard InChI is InChI=1S/C23H20Cl5NO2/c1-30-22-10-15(12-29-7-6-16-3-4-17(24)11-19(16)26)9-21(28)23(22)31-13-14-2-5-18(25)20(27)8-14/h2-5,8-11,29H,6-7,12-13H2,1H3. The van der Waals surface area contributed by atoms with Crippen LogP contribution in [0.4, 0.5) is 0 Å². The molecule has 0 bridgehead atoms. The van der Waals surface area contributed by atoms with Crippen LogP contribution in [0.15, 0.2) is 48.5 Å². The SMILES string of the molecule is COc1cc(CNCCc2ccc(Cl)cc2Cl)cc(Cl)c1OCc1ccc(Cl)c(Cl)c1. The average molecular weight is 520 g/mol. The first-order chi connectivity index (χ1) is 14.9. The van der Waals surface area contributed by atoms with Gasteiger partial charge in [0.2, 0.25) is 0 Å². The summed E-state index contributed by atoms with van der Waals surface area (Å²) in [5, 5.41) is 6.12. The van der Waals surface area contributed by atoms with Gasteiger partial charge in [-0.1, -0.05) is 70.1 Å². The van der Waals surface area contributed by atoms with Crippen molar-refractivity contribution in [1.82, 2.24) is 5.32 Å². The van der Waals surface area contributed by atoms with Gasteiger partial charge < -0.3 is 14.8 Å². The maximum atomic E-state index is 6.47. The van der Waals surface area contributed by atoms with Crippen LogP contribution < -0.4 is 14.8 Å². The van der Waals surface area contributed by atoms with Gasteiger partial charge in [-0.05, 0) is 66.1 Å². The van der Waals surface area contributed by atoms with Crippen LogP contribution in [0.25, 0.3) is 0 Å². The number of halogens is 5. The van der Waals surface area contributed by atoms with E-state index < -0.39 is 0 Å². The highest BCUT2D eigenvalue weighted by atomic mass is 35.5. The molecule has 0 unspecified atom stereocenters. The second kappa shape index (κ2) is 11.5. The van der Waals surface area contributed by atoms with E-state index in [1.165, 1.54) is 0 Å². The Bertz CT molecular complexity index is 1060. The van der Waals surface area contributed by atoms with Gasteiger partial charge in [-0.25, -0.2) is 0 Å². The fourth-order valence-corrected chi connectivity index (χ4v) is 4.09. The Morgan fingerprint density at radius 3 is 2.26 bits per heavy atom.